The molecule has 0 spiro atoms. The van der Waals surface area contributed by atoms with E-state index in [1.54, 1.807) is 0 Å². The second-order valence-corrected chi connectivity index (χ2v) is 2.31. The molecule has 0 heterocycles. The van der Waals surface area contributed by atoms with Crippen LogP contribution < -0.4 is 0 Å². The Kier molecular flexibility index (Phi) is 2.51. The lowest BCUT2D eigenvalue weighted by molar-refractivity contribution is 0.104. The van der Waals surface area contributed by atoms with Crippen molar-refractivity contribution in [1.82, 2.24) is 0 Å². The van der Waals surface area contributed by atoms with Crippen LogP contribution in [0.4, 0.5) is 13.2 Å². The van der Waals surface area contributed by atoms with Gasteiger partial charge in [-0.3, -0.25) is 4.79 Å². The summed E-state index contributed by atoms with van der Waals surface area (Å²) in [5, 5.41) is 0. The highest BCUT2D eigenvalue weighted by Gasteiger charge is 2.13. The molecule has 0 saturated heterocycles. The van der Waals surface area contributed by atoms with Crippen molar-refractivity contribution in [3.05, 3.63) is 47.8 Å². The van der Waals surface area contributed by atoms with Gasteiger partial charge in [0.15, 0.2) is 17.4 Å². The summed E-state index contributed by atoms with van der Waals surface area (Å²) in [6.45, 7) is 3.10. The fourth-order valence-electron chi connectivity index (χ4n) is 0.821. The van der Waals surface area contributed by atoms with Crippen LogP contribution in [0.25, 0.3) is 0 Å². The van der Waals surface area contributed by atoms with E-state index in [0.29, 0.717) is 12.1 Å². The van der Waals surface area contributed by atoms with E-state index < -0.39 is 28.8 Å². The third kappa shape index (κ3) is 1.77. The van der Waals surface area contributed by atoms with Gasteiger partial charge in [-0.2, -0.15) is 0 Å². The molecule has 4 heteroatoms. The Morgan fingerprint density at radius 2 is 1.69 bits per heavy atom. The van der Waals surface area contributed by atoms with Crippen molar-refractivity contribution in [2.75, 3.05) is 0 Å². The Bertz CT molecular complexity index is 371. The molecule has 0 N–H and O–H groups in total. The van der Waals surface area contributed by atoms with Crippen LogP contribution in [0.15, 0.2) is 24.8 Å². The average Bonchev–Trinajstić information content (AvgIpc) is 2.10. The molecule has 1 aromatic rings. The molecule has 0 atom stereocenters. The van der Waals surface area contributed by atoms with Crippen LogP contribution in [0.3, 0.4) is 0 Å². The van der Waals surface area contributed by atoms with Crippen molar-refractivity contribution in [2.45, 2.75) is 0 Å². The Hall–Kier alpha value is -1.58. The van der Waals surface area contributed by atoms with Gasteiger partial charge in [0.1, 0.15) is 5.82 Å². The molecular weight excluding hydrogens is 181 g/mol. The fourth-order valence-corrected chi connectivity index (χ4v) is 0.821. The monoisotopic (exact) mass is 186 g/mol. The van der Waals surface area contributed by atoms with Gasteiger partial charge in [-0.1, -0.05) is 6.58 Å². The standard InChI is InChI=1S/C9H5F3O/c1-2-9(13)5-3-7(11)8(12)4-6(5)10/h2-4H,1H2. The summed E-state index contributed by atoms with van der Waals surface area (Å²) >= 11 is 0. The molecule has 0 aliphatic heterocycles. The molecule has 0 aliphatic carbocycles. The zero-order valence-corrected chi connectivity index (χ0v) is 6.48. The Morgan fingerprint density at radius 3 is 2.23 bits per heavy atom. The maximum Gasteiger partial charge on any atom is 0.188 e. The predicted molar refractivity (Wildman–Crippen MR) is 40.8 cm³/mol. The Balaban J connectivity index is 3.31. The van der Waals surface area contributed by atoms with E-state index in [-0.39, 0.29) is 0 Å². The van der Waals surface area contributed by atoms with Gasteiger partial charge < -0.3 is 0 Å². The van der Waals surface area contributed by atoms with E-state index in [2.05, 4.69) is 6.58 Å². The summed E-state index contributed by atoms with van der Waals surface area (Å²) in [6.07, 6.45) is 0.829. The second-order valence-electron chi connectivity index (χ2n) is 2.31. The molecule has 0 saturated carbocycles. The van der Waals surface area contributed by atoms with E-state index >= 15 is 0 Å². The van der Waals surface area contributed by atoms with Crippen LogP contribution in [0.5, 0.6) is 0 Å². The highest BCUT2D eigenvalue weighted by atomic mass is 19.2. The minimum atomic E-state index is -1.32. The molecule has 0 amide bonds. The molecule has 0 aliphatic rings. The lowest BCUT2D eigenvalue weighted by atomic mass is 10.1. The molecule has 68 valence electrons. The van der Waals surface area contributed by atoms with Crippen molar-refractivity contribution < 1.29 is 18.0 Å². The minimum absolute atomic E-state index is 0.325. The Morgan fingerprint density at radius 1 is 1.15 bits per heavy atom. The first-order valence-corrected chi connectivity index (χ1v) is 3.37. The summed E-state index contributed by atoms with van der Waals surface area (Å²) in [5.74, 6) is -4.45. The number of carbonyl (C=O) groups excluding carboxylic acids is 1. The van der Waals surface area contributed by atoms with Crippen molar-refractivity contribution >= 4 is 5.78 Å². The second kappa shape index (κ2) is 3.43. The minimum Gasteiger partial charge on any atom is -0.289 e. The maximum atomic E-state index is 12.8. The maximum absolute atomic E-state index is 12.8. The van der Waals surface area contributed by atoms with Crippen LogP contribution in [-0.2, 0) is 0 Å². The zero-order valence-electron chi connectivity index (χ0n) is 6.48. The normalized spacial score (nSPS) is 9.77. The van der Waals surface area contributed by atoms with Crippen molar-refractivity contribution in [2.24, 2.45) is 0 Å². The van der Waals surface area contributed by atoms with E-state index in [9.17, 15) is 18.0 Å². The van der Waals surface area contributed by atoms with Gasteiger partial charge in [0.05, 0.1) is 5.56 Å². The number of ketones is 1. The molecule has 0 unspecified atom stereocenters. The molecule has 13 heavy (non-hydrogen) atoms. The fraction of sp³-hybridized carbons (Fsp3) is 0. The number of rotatable bonds is 2. The van der Waals surface area contributed by atoms with Gasteiger partial charge >= 0.3 is 0 Å². The van der Waals surface area contributed by atoms with Crippen LogP contribution in [0, 0.1) is 17.5 Å². The number of halogens is 3. The molecule has 1 rings (SSSR count). The number of carbonyl (C=O) groups is 1. The number of allylic oxidation sites excluding steroid dienone is 1. The zero-order chi connectivity index (χ0) is 10.0. The first-order chi connectivity index (χ1) is 6.06. The number of hydrogen-bond donors (Lipinski definition) is 0. The van der Waals surface area contributed by atoms with Gasteiger partial charge in [-0.15, -0.1) is 0 Å². The van der Waals surface area contributed by atoms with Crippen molar-refractivity contribution in [3.63, 3.8) is 0 Å². The van der Waals surface area contributed by atoms with Gasteiger partial charge in [0.25, 0.3) is 0 Å². The lowest BCUT2D eigenvalue weighted by Crippen LogP contribution is -2.01. The van der Waals surface area contributed by atoms with E-state index in [0.717, 1.165) is 6.08 Å². The number of hydrogen-bond acceptors (Lipinski definition) is 1. The summed E-state index contributed by atoms with van der Waals surface area (Å²) in [6, 6.07) is 0.834. The third-order valence-electron chi connectivity index (χ3n) is 1.46. The summed E-state index contributed by atoms with van der Waals surface area (Å²) in [7, 11) is 0. The van der Waals surface area contributed by atoms with Gasteiger partial charge in [-0.05, 0) is 12.1 Å². The van der Waals surface area contributed by atoms with Crippen molar-refractivity contribution in [1.29, 1.82) is 0 Å². The molecule has 1 aromatic carbocycles. The molecule has 0 bridgehead atoms. The van der Waals surface area contributed by atoms with Gasteiger partial charge in [0, 0.05) is 6.07 Å². The van der Waals surface area contributed by atoms with E-state index in [4.69, 9.17) is 0 Å². The molecule has 0 aromatic heterocycles. The molecule has 0 radical (unpaired) electrons. The van der Waals surface area contributed by atoms with Gasteiger partial charge in [-0.25, -0.2) is 13.2 Å². The summed E-state index contributed by atoms with van der Waals surface area (Å²) in [5.41, 5.74) is -0.520. The highest BCUT2D eigenvalue weighted by molar-refractivity contribution is 6.04. The third-order valence-corrected chi connectivity index (χ3v) is 1.46. The summed E-state index contributed by atoms with van der Waals surface area (Å²) in [4.78, 5) is 10.9. The largest absolute Gasteiger partial charge is 0.289 e. The Labute approximate surface area is 72.5 Å². The van der Waals surface area contributed by atoms with E-state index in [1.165, 1.54) is 0 Å². The quantitative estimate of drug-likeness (QED) is 0.394. The topological polar surface area (TPSA) is 17.1 Å². The average molecular weight is 186 g/mol. The highest BCUT2D eigenvalue weighted by Crippen LogP contribution is 2.14. The smallest absolute Gasteiger partial charge is 0.188 e. The van der Waals surface area contributed by atoms with E-state index in [1.807, 2.05) is 0 Å². The van der Waals surface area contributed by atoms with Crippen LogP contribution in [0.1, 0.15) is 10.4 Å². The van der Waals surface area contributed by atoms with Gasteiger partial charge in [0.2, 0.25) is 0 Å². The summed E-state index contributed by atoms with van der Waals surface area (Å²) < 4.78 is 37.7. The number of benzene rings is 1. The predicted octanol–water partition coefficient (Wildman–Crippen LogP) is 2.47. The van der Waals surface area contributed by atoms with Crippen LogP contribution in [-0.4, -0.2) is 5.78 Å². The molecular formula is C9H5F3O. The first kappa shape index (κ1) is 9.51. The molecule has 1 nitrogen and oxygen atoms in total. The van der Waals surface area contributed by atoms with Crippen LogP contribution in [0.2, 0.25) is 0 Å². The van der Waals surface area contributed by atoms with Crippen molar-refractivity contribution in [3.8, 4) is 0 Å². The SMILES string of the molecule is C=CC(=O)c1cc(F)c(F)cc1F. The van der Waals surface area contributed by atoms with Crippen LogP contribution >= 0.6 is 0 Å². The lowest BCUT2D eigenvalue weighted by Gasteiger charge is -1.99. The molecule has 0 fully saturated rings. The first-order valence-electron chi connectivity index (χ1n) is 3.37.